The van der Waals surface area contributed by atoms with E-state index in [0.29, 0.717) is 18.8 Å². The summed E-state index contributed by atoms with van der Waals surface area (Å²) in [5, 5.41) is 2.98. The van der Waals surface area contributed by atoms with Crippen molar-refractivity contribution < 1.29 is 9.59 Å². The fourth-order valence-electron chi connectivity index (χ4n) is 4.70. The Hall–Kier alpha value is -3.75. The number of rotatable bonds is 3. The molecule has 5 rings (SSSR count). The summed E-state index contributed by atoms with van der Waals surface area (Å²) in [5.74, 6) is 0.240. The van der Waals surface area contributed by atoms with Crippen molar-refractivity contribution in [2.24, 2.45) is 7.05 Å². The Balaban J connectivity index is 1.61. The molecule has 9 heteroatoms. The molecule has 2 atom stereocenters. The topological polar surface area (TPSA) is 102 Å². The molecule has 4 heterocycles. The fourth-order valence-corrected chi connectivity index (χ4v) is 4.70. The summed E-state index contributed by atoms with van der Waals surface area (Å²) in [6.45, 7) is 0.236. The number of carbonyl (C=O) groups is 2. The number of para-hydroxylation sites is 1. The number of fused-ring (bicyclic) bond motifs is 2. The Bertz CT molecular complexity index is 1210. The largest absolute Gasteiger partial charge is 0.347 e. The van der Waals surface area contributed by atoms with Gasteiger partial charge in [-0.3, -0.25) is 14.2 Å². The zero-order chi connectivity index (χ0) is 20.9. The maximum atomic E-state index is 13.3. The summed E-state index contributed by atoms with van der Waals surface area (Å²) in [4.78, 5) is 48.5. The van der Waals surface area contributed by atoms with Crippen molar-refractivity contribution in [3.63, 3.8) is 0 Å². The van der Waals surface area contributed by atoms with Crippen LogP contribution in [0.2, 0.25) is 0 Å². The first-order chi connectivity index (χ1) is 14.5. The van der Waals surface area contributed by atoms with Crippen LogP contribution >= 0.6 is 0 Å². The van der Waals surface area contributed by atoms with E-state index in [9.17, 15) is 14.4 Å². The van der Waals surface area contributed by atoms with Gasteiger partial charge in [-0.1, -0.05) is 18.2 Å². The number of hydrogen-bond acceptors (Lipinski definition) is 5. The van der Waals surface area contributed by atoms with Gasteiger partial charge in [0.2, 0.25) is 11.8 Å². The molecule has 152 valence electrons. The number of aromatic nitrogens is 4. The van der Waals surface area contributed by atoms with Gasteiger partial charge < -0.3 is 14.8 Å². The van der Waals surface area contributed by atoms with E-state index in [1.165, 1.54) is 17.0 Å². The average molecular weight is 404 g/mol. The van der Waals surface area contributed by atoms with E-state index in [0.717, 1.165) is 11.3 Å². The van der Waals surface area contributed by atoms with Crippen LogP contribution in [0.25, 0.3) is 0 Å². The molecule has 2 aliphatic heterocycles. The van der Waals surface area contributed by atoms with Crippen LogP contribution in [-0.2, 0) is 28.6 Å². The highest BCUT2D eigenvalue weighted by Gasteiger charge is 2.60. The molecule has 2 aromatic heterocycles. The van der Waals surface area contributed by atoms with E-state index in [1.807, 2.05) is 35.9 Å². The molecule has 30 heavy (non-hydrogen) atoms. The Morgan fingerprint density at radius 2 is 2.00 bits per heavy atom. The molecule has 0 saturated carbocycles. The minimum Gasteiger partial charge on any atom is -0.336 e. The smallest absolute Gasteiger partial charge is 0.336 e. The molecule has 0 radical (unpaired) electrons. The van der Waals surface area contributed by atoms with Gasteiger partial charge >= 0.3 is 5.69 Å². The number of aryl methyl sites for hydroxylation is 1. The van der Waals surface area contributed by atoms with Gasteiger partial charge in [0, 0.05) is 44.1 Å². The maximum Gasteiger partial charge on any atom is 0.347 e. The van der Waals surface area contributed by atoms with Gasteiger partial charge in [0.25, 0.3) is 0 Å². The van der Waals surface area contributed by atoms with Crippen molar-refractivity contribution in [1.29, 1.82) is 0 Å². The summed E-state index contributed by atoms with van der Waals surface area (Å²) >= 11 is 0. The first kappa shape index (κ1) is 18.3. The summed E-state index contributed by atoms with van der Waals surface area (Å²) in [7, 11) is 1.85. The van der Waals surface area contributed by atoms with Crippen LogP contribution in [0.3, 0.4) is 0 Å². The molecule has 0 unspecified atom stereocenters. The second kappa shape index (κ2) is 6.65. The van der Waals surface area contributed by atoms with Crippen molar-refractivity contribution in [3.8, 4) is 0 Å². The van der Waals surface area contributed by atoms with E-state index in [-0.39, 0.29) is 18.4 Å². The van der Waals surface area contributed by atoms with E-state index >= 15 is 0 Å². The lowest BCUT2D eigenvalue weighted by Gasteiger charge is -2.33. The van der Waals surface area contributed by atoms with Crippen LogP contribution in [0.15, 0.2) is 59.9 Å². The van der Waals surface area contributed by atoms with Crippen molar-refractivity contribution in [2.75, 3.05) is 11.9 Å². The quantitative estimate of drug-likeness (QED) is 0.697. The van der Waals surface area contributed by atoms with Gasteiger partial charge in [0.15, 0.2) is 0 Å². The van der Waals surface area contributed by atoms with Crippen LogP contribution in [0.5, 0.6) is 0 Å². The second-order valence-corrected chi connectivity index (χ2v) is 7.64. The number of nitrogens with zero attached hydrogens (tertiary/aromatic N) is 5. The molecule has 1 spiro atoms. The van der Waals surface area contributed by atoms with Gasteiger partial charge in [0.05, 0.1) is 0 Å². The minimum atomic E-state index is -0.925. The third-order valence-electron chi connectivity index (χ3n) is 6.10. The zero-order valence-corrected chi connectivity index (χ0v) is 16.4. The van der Waals surface area contributed by atoms with Crippen molar-refractivity contribution in [1.82, 2.24) is 24.0 Å². The lowest BCUT2D eigenvalue weighted by atomic mass is 9.74. The minimum absolute atomic E-state index is 0.134. The second-order valence-electron chi connectivity index (χ2n) is 7.64. The highest BCUT2D eigenvalue weighted by molar-refractivity contribution is 6.07. The van der Waals surface area contributed by atoms with Crippen molar-refractivity contribution in [3.05, 3.63) is 77.0 Å². The fraction of sp³-hybridized carbons (Fsp3) is 0.286. The van der Waals surface area contributed by atoms with Gasteiger partial charge in [-0.25, -0.2) is 14.8 Å². The van der Waals surface area contributed by atoms with Gasteiger partial charge in [-0.2, -0.15) is 0 Å². The van der Waals surface area contributed by atoms with Crippen LogP contribution in [0, 0.1) is 0 Å². The van der Waals surface area contributed by atoms with Crippen LogP contribution in [0.1, 0.15) is 23.9 Å². The first-order valence-electron chi connectivity index (χ1n) is 9.71. The van der Waals surface area contributed by atoms with E-state index < -0.39 is 17.1 Å². The number of amides is 2. The summed E-state index contributed by atoms with van der Waals surface area (Å²) in [6.07, 6.45) is 6.86. The number of imidazole rings is 1. The highest BCUT2D eigenvalue weighted by Crippen LogP contribution is 2.54. The Labute approximate surface area is 172 Å². The average Bonchev–Trinajstić information content (AvgIpc) is 3.41. The van der Waals surface area contributed by atoms with Gasteiger partial charge in [-0.15, -0.1) is 0 Å². The van der Waals surface area contributed by atoms with Crippen molar-refractivity contribution in [2.45, 2.75) is 24.4 Å². The Morgan fingerprint density at radius 3 is 2.77 bits per heavy atom. The molecule has 1 fully saturated rings. The Morgan fingerprint density at radius 1 is 1.17 bits per heavy atom. The summed E-state index contributed by atoms with van der Waals surface area (Å²) < 4.78 is 3.11. The predicted octanol–water partition coefficient (Wildman–Crippen LogP) is 0.840. The molecule has 2 aliphatic rings. The lowest BCUT2D eigenvalue weighted by Crippen LogP contribution is -2.45. The number of anilines is 1. The van der Waals surface area contributed by atoms with Gasteiger partial charge in [-0.05, 0) is 24.1 Å². The van der Waals surface area contributed by atoms with Crippen LogP contribution < -0.4 is 11.0 Å². The third-order valence-corrected chi connectivity index (χ3v) is 6.10. The molecule has 0 aliphatic carbocycles. The molecule has 3 aromatic rings. The highest BCUT2D eigenvalue weighted by atomic mass is 16.2. The van der Waals surface area contributed by atoms with Crippen LogP contribution in [0.4, 0.5) is 5.69 Å². The molecular formula is C21H20N6O3. The van der Waals surface area contributed by atoms with Crippen molar-refractivity contribution >= 4 is 17.5 Å². The van der Waals surface area contributed by atoms with Crippen LogP contribution in [-0.4, -0.2) is 42.4 Å². The number of nitrogens with one attached hydrogen (secondary N) is 1. The monoisotopic (exact) mass is 404 g/mol. The standard InChI is InChI=1S/C21H20N6O3/c1-25-12-9-22-18(25)17-21(14-5-2-3-6-15(14)24-19(21)29)7-11-27(17)16(28)13-26-10-4-8-23-20(26)30/h2-6,8-10,12,17H,7,11,13H2,1H3,(H,24,29)/t17-,21+/m0/s1. The SMILES string of the molecule is Cn1ccnc1[C@@H]1N(C(=O)Cn2cccnc2=O)CC[C@]12C(=O)Nc1ccccc12. The predicted molar refractivity (Wildman–Crippen MR) is 108 cm³/mol. The molecule has 9 nitrogen and oxygen atoms in total. The lowest BCUT2D eigenvalue weighted by molar-refractivity contribution is -0.134. The normalized spacial score (nSPS) is 22.4. The number of hydrogen-bond donors (Lipinski definition) is 1. The first-order valence-corrected chi connectivity index (χ1v) is 9.71. The number of likely N-dealkylation sites (tertiary alicyclic amines) is 1. The number of benzene rings is 1. The van der Waals surface area contributed by atoms with E-state index in [4.69, 9.17) is 0 Å². The third kappa shape index (κ3) is 2.51. The molecule has 1 N–H and O–H groups in total. The van der Waals surface area contributed by atoms with E-state index in [2.05, 4.69) is 15.3 Å². The molecule has 1 aromatic carbocycles. The summed E-state index contributed by atoms with van der Waals surface area (Å²) in [5.41, 5.74) is 0.222. The molecular weight excluding hydrogens is 384 g/mol. The molecule has 2 amide bonds. The Kier molecular flexibility index (Phi) is 4.05. The molecule has 0 bridgehead atoms. The number of carbonyl (C=O) groups excluding carboxylic acids is 2. The maximum absolute atomic E-state index is 13.3. The van der Waals surface area contributed by atoms with E-state index in [1.54, 1.807) is 23.4 Å². The zero-order valence-electron chi connectivity index (χ0n) is 16.4. The molecule has 1 saturated heterocycles. The van der Waals surface area contributed by atoms with Gasteiger partial charge in [0.1, 0.15) is 23.8 Å². The summed E-state index contributed by atoms with van der Waals surface area (Å²) in [6, 6.07) is 8.61.